The van der Waals surface area contributed by atoms with E-state index in [1.165, 1.54) is 12.1 Å². The van der Waals surface area contributed by atoms with Gasteiger partial charge >= 0.3 is 17.9 Å². The first-order valence-corrected chi connectivity index (χ1v) is 6.41. The zero-order valence-electron chi connectivity index (χ0n) is 11.5. The van der Waals surface area contributed by atoms with Crippen LogP contribution in [0.2, 0.25) is 0 Å². The molecule has 3 atom stereocenters. The van der Waals surface area contributed by atoms with Crippen LogP contribution in [0.3, 0.4) is 0 Å². The molecule has 1 heterocycles. The Hall–Kier alpha value is -2.78. The number of carboxylic acid groups (broad SMARTS) is 2. The minimum Gasteiger partial charge on any atom is -0.478 e. The lowest BCUT2D eigenvalue weighted by molar-refractivity contribution is -0.158. The van der Waals surface area contributed by atoms with Crippen molar-refractivity contribution in [3.8, 4) is 0 Å². The summed E-state index contributed by atoms with van der Waals surface area (Å²) in [6.07, 6.45) is -4.17. The number of hydrogen-bond donors (Lipinski definition) is 4. The maximum absolute atomic E-state index is 12.2. The summed E-state index contributed by atoms with van der Waals surface area (Å²) in [5.41, 5.74) is -1.41. The molecule has 2 rings (SSSR count). The van der Waals surface area contributed by atoms with Gasteiger partial charge in [0.25, 0.3) is 0 Å². The summed E-state index contributed by atoms with van der Waals surface area (Å²) in [4.78, 5) is 46.1. The van der Waals surface area contributed by atoms with Gasteiger partial charge in [0.05, 0.1) is 17.0 Å². The molecular formula is C14H12O9. The minimum absolute atomic E-state index is 0.219. The molecule has 1 aliphatic heterocycles. The highest BCUT2D eigenvalue weighted by molar-refractivity contribution is 6.05. The van der Waals surface area contributed by atoms with E-state index in [2.05, 4.69) is 4.74 Å². The summed E-state index contributed by atoms with van der Waals surface area (Å²) < 4.78 is 4.65. The third-order valence-corrected chi connectivity index (χ3v) is 3.48. The van der Waals surface area contributed by atoms with E-state index in [4.69, 9.17) is 5.11 Å². The second kappa shape index (κ2) is 6.15. The van der Waals surface area contributed by atoms with Gasteiger partial charge in [-0.15, -0.1) is 0 Å². The van der Waals surface area contributed by atoms with E-state index in [0.717, 1.165) is 6.07 Å². The van der Waals surface area contributed by atoms with Gasteiger partial charge in [0.1, 0.15) is 12.7 Å². The average Bonchev–Trinajstić information content (AvgIpc) is 2.60. The Balaban J connectivity index is 2.59. The Morgan fingerprint density at radius 1 is 1.04 bits per heavy atom. The second-order valence-electron chi connectivity index (χ2n) is 4.85. The number of cyclic esters (lactones) is 1. The van der Waals surface area contributed by atoms with Crippen molar-refractivity contribution in [2.45, 2.75) is 18.1 Å². The molecule has 1 aliphatic rings. The molecule has 0 spiro atoms. The molecule has 0 radical (unpaired) electrons. The molecule has 0 aromatic heterocycles. The zero-order valence-corrected chi connectivity index (χ0v) is 11.5. The number of ketones is 1. The van der Waals surface area contributed by atoms with Crippen molar-refractivity contribution in [1.29, 1.82) is 0 Å². The summed E-state index contributed by atoms with van der Waals surface area (Å²) in [5.74, 6) is -6.76. The van der Waals surface area contributed by atoms with Crippen molar-refractivity contribution in [1.82, 2.24) is 0 Å². The molecule has 1 fully saturated rings. The molecule has 0 saturated carbocycles. The number of carboxylic acids is 2. The number of carbonyl (C=O) groups excluding carboxylic acids is 2. The van der Waals surface area contributed by atoms with Crippen LogP contribution in [0, 0.1) is 0 Å². The molecule has 3 unspecified atom stereocenters. The molecule has 1 aromatic rings. The van der Waals surface area contributed by atoms with Gasteiger partial charge in [0.2, 0.25) is 0 Å². The Morgan fingerprint density at radius 3 is 2.26 bits per heavy atom. The smallest absolute Gasteiger partial charge is 0.338 e. The summed E-state index contributed by atoms with van der Waals surface area (Å²) in [7, 11) is 0. The third kappa shape index (κ3) is 2.91. The Kier molecular flexibility index (Phi) is 4.43. The number of carbonyl (C=O) groups is 4. The average molecular weight is 324 g/mol. The van der Waals surface area contributed by atoms with Crippen LogP contribution in [0.25, 0.3) is 0 Å². The summed E-state index contributed by atoms with van der Waals surface area (Å²) in [5, 5.41) is 37.4. The standard InChI is InChI=1S/C14H12O9/c15-9-7(4-23-14(22)11(17)10(9)16)5-2-1-3-6(12(18)19)8(5)13(20)21/h1-3,7,10-11,16-17H,4H2,(H,18,19)(H,20,21). The number of aliphatic hydroxyl groups excluding tert-OH is 2. The van der Waals surface area contributed by atoms with Crippen LogP contribution in [0.15, 0.2) is 18.2 Å². The van der Waals surface area contributed by atoms with E-state index in [0.29, 0.717) is 0 Å². The molecule has 23 heavy (non-hydrogen) atoms. The topological polar surface area (TPSA) is 158 Å². The molecule has 122 valence electrons. The molecule has 1 aromatic carbocycles. The van der Waals surface area contributed by atoms with Gasteiger partial charge in [-0.25, -0.2) is 14.4 Å². The fraction of sp³-hybridized carbons (Fsp3) is 0.286. The fourth-order valence-electron chi connectivity index (χ4n) is 2.34. The maximum Gasteiger partial charge on any atom is 0.338 e. The van der Waals surface area contributed by atoms with Crippen LogP contribution >= 0.6 is 0 Å². The summed E-state index contributed by atoms with van der Waals surface area (Å²) in [6.45, 7) is -0.616. The van der Waals surface area contributed by atoms with Gasteiger partial charge < -0.3 is 25.2 Å². The number of hydrogen-bond acceptors (Lipinski definition) is 7. The highest BCUT2D eigenvalue weighted by Crippen LogP contribution is 2.28. The van der Waals surface area contributed by atoms with Crippen LogP contribution < -0.4 is 0 Å². The van der Waals surface area contributed by atoms with Gasteiger partial charge in [-0.2, -0.15) is 0 Å². The van der Waals surface area contributed by atoms with E-state index in [-0.39, 0.29) is 5.56 Å². The van der Waals surface area contributed by atoms with Gasteiger partial charge in [0.15, 0.2) is 11.9 Å². The third-order valence-electron chi connectivity index (χ3n) is 3.48. The van der Waals surface area contributed by atoms with Crippen LogP contribution in [-0.4, -0.2) is 62.9 Å². The van der Waals surface area contributed by atoms with Gasteiger partial charge in [-0.3, -0.25) is 4.79 Å². The molecule has 4 N–H and O–H groups in total. The van der Waals surface area contributed by atoms with Crippen LogP contribution in [0.1, 0.15) is 32.2 Å². The molecule has 0 aliphatic carbocycles. The lowest BCUT2D eigenvalue weighted by atomic mass is 9.86. The fourth-order valence-corrected chi connectivity index (χ4v) is 2.34. The van der Waals surface area contributed by atoms with Crippen LogP contribution in [0.5, 0.6) is 0 Å². The van der Waals surface area contributed by atoms with Crippen molar-refractivity contribution in [3.05, 3.63) is 34.9 Å². The van der Waals surface area contributed by atoms with Gasteiger partial charge in [-0.1, -0.05) is 12.1 Å². The number of esters is 1. The molecule has 0 bridgehead atoms. The molecule has 1 saturated heterocycles. The lowest BCUT2D eigenvalue weighted by Gasteiger charge is -2.18. The van der Waals surface area contributed by atoms with Crippen molar-refractivity contribution in [2.24, 2.45) is 0 Å². The molecule has 9 nitrogen and oxygen atoms in total. The van der Waals surface area contributed by atoms with E-state index >= 15 is 0 Å². The van der Waals surface area contributed by atoms with Gasteiger partial charge in [0, 0.05) is 0 Å². The first kappa shape index (κ1) is 16.6. The van der Waals surface area contributed by atoms with E-state index in [1.54, 1.807) is 0 Å². The van der Waals surface area contributed by atoms with Crippen molar-refractivity contribution >= 4 is 23.7 Å². The van der Waals surface area contributed by atoms with Crippen molar-refractivity contribution in [3.63, 3.8) is 0 Å². The van der Waals surface area contributed by atoms with E-state index < -0.39 is 59.6 Å². The Labute approximate surface area is 128 Å². The minimum atomic E-state index is -2.09. The summed E-state index contributed by atoms with van der Waals surface area (Å²) >= 11 is 0. The molecule has 0 amide bonds. The highest BCUT2D eigenvalue weighted by atomic mass is 16.6. The predicted octanol–water partition coefficient (Wildman–Crippen LogP) is -0.986. The summed E-state index contributed by atoms with van der Waals surface area (Å²) in [6, 6.07) is 3.47. The predicted molar refractivity (Wildman–Crippen MR) is 71.1 cm³/mol. The second-order valence-corrected chi connectivity index (χ2v) is 4.85. The zero-order chi connectivity index (χ0) is 17.3. The van der Waals surface area contributed by atoms with Crippen molar-refractivity contribution < 1.29 is 44.3 Å². The number of Topliss-reactive ketones (excluding diaryl/α,β-unsaturated/α-hetero) is 1. The number of benzene rings is 1. The van der Waals surface area contributed by atoms with E-state index in [9.17, 15) is 34.5 Å². The SMILES string of the molecule is O=C(O)c1cccc(C2COC(=O)C(O)C(O)C2=O)c1C(=O)O. The number of aromatic carboxylic acids is 2. The maximum atomic E-state index is 12.2. The van der Waals surface area contributed by atoms with Gasteiger partial charge in [-0.05, 0) is 11.6 Å². The molecule has 9 heteroatoms. The first-order valence-electron chi connectivity index (χ1n) is 6.41. The number of rotatable bonds is 3. The number of aliphatic hydroxyl groups is 2. The monoisotopic (exact) mass is 324 g/mol. The quantitative estimate of drug-likeness (QED) is 0.512. The Bertz CT molecular complexity index is 693. The Morgan fingerprint density at radius 2 is 1.70 bits per heavy atom. The molecular weight excluding hydrogens is 312 g/mol. The lowest BCUT2D eigenvalue weighted by Crippen LogP contribution is -2.39. The van der Waals surface area contributed by atoms with Crippen LogP contribution in [-0.2, 0) is 14.3 Å². The number of ether oxygens (including phenoxy) is 1. The largest absolute Gasteiger partial charge is 0.478 e. The normalized spacial score (nSPS) is 24.7. The van der Waals surface area contributed by atoms with Crippen molar-refractivity contribution in [2.75, 3.05) is 6.61 Å². The highest BCUT2D eigenvalue weighted by Gasteiger charge is 2.42. The van der Waals surface area contributed by atoms with Crippen LogP contribution in [0.4, 0.5) is 0 Å². The first-order chi connectivity index (χ1) is 10.8. The van der Waals surface area contributed by atoms with E-state index in [1.807, 2.05) is 0 Å².